The Hall–Kier alpha value is -3.06. The van der Waals surface area contributed by atoms with Crippen LogP contribution in [0.15, 0.2) is 48.5 Å². The van der Waals surface area contributed by atoms with Crippen LogP contribution >= 0.6 is 0 Å². The minimum absolute atomic E-state index is 0.335. The molecule has 0 saturated carbocycles. The van der Waals surface area contributed by atoms with Gasteiger partial charge in [-0.15, -0.1) is 0 Å². The van der Waals surface area contributed by atoms with E-state index < -0.39 is 27.3 Å². The zero-order valence-electron chi connectivity index (χ0n) is 12.3. The molecule has 2 rings (SSSR count). The van der Waals surface area contributed by atoms with Gasteiger partial charge in [0, 0.05) is 0 Å². The molecule has 0 fully saturated rings. The normalized spacial score (nSPS) is 10.0. The second-order valence-electron chi connectivity index (χ2n) is 4.48. The molecule has 2 aromatic rings. The van der Waals surface area contributed by atoms with Crippen LogP contribution in [0.4, 0.5) is 21.0 Å². The van der Waals surface area contributed by atoms with E-state index in [0.717, 1.165) is 0 Å². The summed E-state index contributed by atoms with van der Waals surface area (Å²) in [6.45, 7) is 0. The van der Waals surface area contributed by atoms with Gasteiger partial charge in [0.1, 0.15) is 0 Å². The van der Waals surface area contributed by atoms with Crippen molar-refractivity contribution in [3.05, 3.63) is 48.5 Å². The molecule has 0 aliphatic heterocycles. The van der Waals surface area contributed by atoms with Gasteiger partial charge in [-0.1, -0.05) is 0 Å². The van der Waals surface area contributed by atoms with E-state index >= 15 is 0 Å². The average Bonchev–Trinajstić information content (AvgIpc) is 2.50. The zero-order chi connectivity index (χ0) is 17.5. The van der Waals surface area contributed by atoms with E-state index in [9.17, 15) is 13.3 Å². The van der Waals surface area contributed by atoms with Crippen LogP contribution in [0, 0.1) is 0 Å². The molecule has 0 heterocycles. The molecule has 0 radical (unpaired) electrons. The molecular formula is C14H15AsN4O5. The van der Waals surface area contributed by atoms with Crippen molar-refractivity contribution < 1.29 is 20.8 Å². The van der Waals surface area contributed by atoms with E-state index in [4.69, 9.17) is 18.9 Å². The second kappa shape index (κ2) is 7.98. The summed E-state index contributed by atoms with van der Waals surface area (Å²) in [7, 11) is 0. The number of benzene rings is 2. The monoisotopic (exact) mass is 394 g/mol. The molecule has 10 heteroatoms. The van der Waals surface area contributed by atoms with Gasteiger partial charge in [0.15, 0.2) is 0 Å². The summed E-state index contributed by atoms with van der Waals surface area (Å²) in [4.78, 5) is 21.4. The number of carbonyl (C=O) groups excluding carboxylic acids is 2. The molecule has 0 aromatic heterocycles. The van der Waals surface area contributed by atoms with Crippen LogP contribution in [-0.2, 0) is 3.74 Å². The number of nitrogens with one attached hydrogen (secondary N) is 2. The van der Waals surface area contributed by atoms with Crippen LogP contribution in [0.3, 0.4) is 0 Å². The van der Waals surface area contributed by atoms with Crippen LogP contribution in [0.1, 0.15) is 0 Å². The van der Waals surface area contributed by atoms with Gasteiger partial charge in [0.05, 0.1) is 0 Å². The molecular weight excluding hydrogens is 379 g/mol. The number of anilines is 2. The van der Waals surface area contributed by atoms with E-state index in [1.165, 1.54) is 24.3 Å². The third kappa shape index (κ3) is 5.62. The van der Waals surface area contributed by atoms with Crippen LogP contribution in [0.25, 0.3) is 0 Å². The number of hydrogen-bond donors (Lipinski definition) is 4. The fraction of sp³-hybridized carbons (Fsp3) is 0. The zero-order valence-corrected chi connectivity index (χ0v) is 14.4. The van der Waals surface area contributed by atoms with E-state index in [0.29, 0.717) is 22.9 Å². The standard InChI is InChI=1S/C14H15AsN4O5/c16-13(20)18-9-1-5-11(6-2-9)23-15(22)24-12-7-3-10(4-8-12)19-14(17)21/h1-8,15H,(H3,16,18,20)(H3,17,19,21). The third-order valence-corrected chi connectivity index (χ3v) is 4.33. The number of carbonyl (C=O) groups is 2. The Bertz CT molecular complexity index is 685. The van der Waals surface area contributed by atoms with Gasteiger partial charge in [0.2, 0.25) is 0 Å². The van der Waals surface area contributed by atoms with Gasteiger partial charge in [-0.05, 0) is 0 Å². The molecule has 9 nitrogen and oxygen atoms in total. The van der Waals surface area contributed by atoms with Crippen molar-refractivity contribution in [3.63, 3.8) is 0 Å². The van der Waals surface area contributed by atoms with E-state index in [-0.39, 0.29) is 0 Å². The van der Waals surface area contributed by atoms with Gasteiger partial charge < -0.3 is 0 Å². The summed E-state index contributed by atoms with van der Waals surface area (Å²) >= 11 is -3.50. The topological polar surface area (TPSA) is 146 Å². The van der Waals surface area contributed by atoms with Crippen molar-refractivity contribution in [1.29, 1.82) is 0 Å². The Morgan fingerprint density at radius 3 is 1.38 bits per heavy atom. The summed E-state index contributed by atoms with van der Waals surface area (Å²) in [6.07, 6.45) is 0. The van der Waals surface area contributed by atoms with E-state index in [2.05, 4.69) is 10.6 Å². The second-order valence-corrected chi connectivity index (χ2v) is 6.39. The van der Waals surface area contributed by atoms with Gasteiger partial charge in [-0.3, -0.25) is 0 Å². The number of primary amides is 2. The number of amides is 4. The molecule has 24 heavy (non-hydrogen) atoms. The van der Waals surface area contributed by atoms with Crippen molar-refractivity contribution >= 4 is 38.7 Å². The molecule has 0 bridgehead atoms. The van der Waals surface area contributed by atoms with Gasteiger partial charge in [-0.2, -0.15) is 0 Å². The first-order valence-corrected chi connectivity index (χ1v) is 9.22. The van der Waals surface area contributed by atoms with Crippen molar-refractivity contribution in [3.8, 4) is 11.5 Å². The van der Waals surface area contributed by atoms with Crippen molar-refractivity contribution in [2.24, 2.45) is 11.5 Å². The molecule has 0 spiro atoms. The quantitative estimate of drug-likeness (QED) is 0.545. The van der Waals surface area contributed by atoms with E-state index in [1.807, 2.05) is 0 Å². The summed E-state index contributed by atoms with van der Waals surface area (Å²) in [5.41, 5.74) is 11.0. The summed E-state index contributed by atoms with van der Waals surface area (Å²) in [6, 6.07) is 11.0. The Morgan fingerprint density at radius 2 is 1.08 bits per heavy atom. The Balaban J connectivity index is 1.90. The maximum atomic E-state index is 11.9. The first kappa shape index (κ1) is 17.3. The molecule has 0 aliphatic carbocycles. The predicted molar refractivity (Wildman–Crippen MR) is 88.4 cm³/mol. The molecule has 0 aliphatic rings. The molecule has 2 aromatic carbocycles. The van der Waals surface area contributed by atoms with Gasteiger partial charge in [0.25, 0.3) is 0 Å². The molecule has 0 atom stereocenters. The van der Waals surface area contributed by atoms with Crippen molar-refractivity contribution in [2.75, 3.05) is 10.6 Å². The maximum absolute atomic E-state index is 11.9. The van der Waals surface area contributed by atoms with Crippen LogP contribution in [0.5, 0.6) is 11.5 Å². The van der Waals surface area contributed by atoms with E-state index in [1.54, 1.807) is 24.3 Å². The van der Waals surface area contributed by atoms with Gasteiger partial charge in [-0.25, -0.2) is 0 Å². The first-order valence-electron chi connectivity index (χ1n) is 6.65. The first-order chi connectivity index (χ1) is 11.4. The van der Waals surface area contributed by atoms with Gasteiger partial charge >= 0.3 is 142 Å². The van der Waals surface area contributed by atoms with Crippen LogP contribution < -0.4 is 29.6 Å². The Kier molecular flexibility index (Phi) is 5.75. The SMILES string of the molecule is NC(=O)Nc1ccc(O[AsH](=O)Oc2ccc(NC(N)=O)cc2)cc1. The minimum atomic E-state index is -3.50. The van der Waals surface area contributed by atoms with Crippen molar-refractivity contribution in [2.45, 2.75) is 0 Å². The van der Waals surface area contributed by atoms with Crippen molar-refractivity contribution in [1.82, 2.24) is 0 Å². The Morgan fingerprint density at radius 1 is 0.750 bits per heavy atom. The summed E-state index contributed by atoms with van der Waals surface area (Å²) < 4.78 is 22.4. The molecule has 0 saturated heterocycles. The Labute approximate surface area is 142 Å². The third-order valence-electron chi connectivity index (χ3n) is 2.65. The molecule has 6 N–H and O–H groups in total. The number of rotatable bonds is 6. The summed E-state index contributed by atoms with van der Waals surface area (Å²) in [5.74, 6) is 0.670. The number of hydrogen-bond acceptors (Lipinski definition) is 5. The number of nitrogens with two attached hydrogens (primary N) is 2. The molecule has 126 valence electrons. The fourth-order valence-corrected chi connectivity index (χ4v) is 3.18. The summed E-state index contributed by atoms with van der Waals surface area (Å²) in [5, 5.41) is 4.79. The molecule has 0 unspecified atom stereocenters. The molecule has 4 amide bonds. The fourth-order valence-electron chi connectivity index (χ4n) is 1.71. The van der Waals surface area contributed by atoms with Crippen LogP contribution in [0.2, 0.25) is 0 Å². The average molecular weight is 394 g/mol. The predicted octanol–water partition coefficient (Wildman–Crippen LogP) is 1.27. The number of urea groups is 2. The van der Waals surface area contributed by atoms with Crippen LogP contribution in [-0.4, -0.2) is 27.3 Å².